The molecular formula is C18H16ClN3OS2. The number of aromatic nitrogens is 2. The van der Waals surface area contributed by atoms with Crippen molar-refractivity contribution in [2.24, 2.45) is 0 Å². The van der Waals surface area contributed by atoms with Crippen LogP contribution in [0.3, 0.4) is 0 Å². The third-order valence-corrected chi connectivity index (χ3v) is 6.73. The minimum Gasteiger partial charge on any atom is -0.616 e. The van der Waals surface area contributed by atoms with Crippen LogP contribution in [0.15, 0.2) is 48.9 Å². The van der Waals surface area contributed by atoms with Gasteiger partial charge in [0.2, 0.25) is 0 Å². The molecule has 1 fully saturated rings. The number of hydrogen-bond acceptors (Lipinski definition) is 5. The zero-order chi connectivity index (χ0) is 17.2. The van der Waals surface area contributed by atoms with E-state index >= 15 is 0 Å². The molecule has 0 amide bonds. The predicted octanol–water partition coefficient (Wildman–Crippen LogP) is 4.09. The number of benzene rings is 1. The quantitative estimate of drug-likeness (QED) is 0.633. The van der Waals surface area contributed by atoms with Gasteiger partial charge in [-0.25, -0.2) is 4.98 Å². The maximum atomic E-state index is 11.5. The van der Waals surface area contributed by atoms with Crippen molar-refractivity contribution in [3.8, 4) is 21.0 Å². The van der Waals surface area contributed by atoms with Gasteiger partial charge in [0.15, 0.2) is 0 Å². The van der Waals surface area contributed by atoms with E-state index in [4.69, 9.17) is 11.6 Å². The van der Waals surface area contributed by atoms with E-state index in [-0.39, 0.29) is 0 Å². The molecule has 128 valence electrons. The number of nitrogens with zero attached hydrogens (tertiary/aromatic N) is 3. The highest BCUT2D eigenvalue weighted by molar-refractivity contribution is 7.91. The van der Waals surface area contributed by atoms with Gasteiger partial charge in [-0.2, -0.15) is 0 Å². The molecule has 1 saturated heterocycles. The monoisotopic (exact) mass is 389 g/mol. The van der Waals surface area contributed by atoms with Crippen LogP contribution in [0.5, 0.6) is 0 Å². The first-order valence-corrected chi connectivity index (χ1v) is 10.6. The molecule has 0 bridgehead atoms. The van der Waals surface area contributed by atoms with Crippen molar-refractivity contribution < 1.29 is 4.55 Å². The van der Waals surface area contributed by atoms with Crippen molar-refractivity contribution in [1.82, 2.24) is 9.97 Å². The van der Waals surface area contributed by atoms with Gasteiger partial charge in [-0.15, -0.1) is 11.3 Å². The summed E-state index contributed by atoms with van der Waals surface area (Å²) in [5.74, 6) is 1.52. The molecule has 1 aromatic carbocycles. The Labute approximate surface area is 158 Å². The number of thiazole rings is 1. The fourth-order valence-corrected chi connectivity index (χ4v) is 4.93. The van der Waals surface area contributed by atoms with Crippen LogP contribution in [-0.4, -0.2) is 39.1 Å². The summed E-state index contributed by atoms with van der Waals surface area (Å²) in [5.41, 5.74) is 3.26. The molecule has 1 aliphatic heterocycles. The molecule has 4 rings (SSSR count). The minimum absolute atomic E-state index is 0.612. The smallest absolute Gasteiger partial charge is 0.125 e. The molecule has 0 aliphatic carbocycles. The first-order chi connectivity index (χ1) is 12.2. The van der Waals surface area contributed by atoms with E-state index in [0.717, 1.165) is 45.6 Å². The highest BCUT2D eigenvalue weighted by Crippen LogP contribution is 2.33. The van der Waals surface area contributed by atoms with E-state index in [1.54, 1.807) is 23.7 Å². The summed E-state index contributed by atoms with van der Waals surface area (Å²) < 4.78 is 11.5. The van der Waals surface area contributed by atoms with Crippen molar-refractivity contribution in [2.45, 2.75) is 0 Å². The molecule has 3 aromatic rings. The van der Waals surface area contributed by atoms with Gasteiger partial charge in [-0.05, 0) is 23.8 Å². The number of hydrogen-bond donors (Lipinski definition) is 0. The lowest BCUT2D eigenvalue weighted by Gasteiger charge is -2.29. The Balaban J connectivity index is 1.53. The van der Waals surface area contributed by atoms with Gasteiger partial charge in [-0.1, -0.05) is 34.9 Å². The van der Waals surface area contributed by atoms with Crippen molar-refractivity contribution in [3.05, 3.63) is 53.9 Å². The highest BCUT2D eigenvalue weighted by Gasteiger charge is 2.19. The van der Waals surface area contributed by atoms with Crippen LogP contribution in [0.2, 0.25) is 5.02 Å². The first-order valence-electron chi connectivity index (χ1n) is 7.96. The third-order valence-electron chi connectivity index (χ3n) is 4.15. The average molecular weight is 390 g/mol. The molecule has 0 spiro atoms. The third kappa shape index (κ3) is 3.82. The topological polar surface area (TPSA) is 52.1 Å². The fourth-order valence-electron chi connectivity index (χ4n) is 2.80. The first kappa shape index (κ1) is 16.8. The largest absolute Gasteiger partial charge is 0.616 e. The van der Waals surface area contributed by atoms with Gasteiger partial charge in [0.25, 0.3) is 0 Å². The summed E-state index contributed by atoms with van der Waals surface area (Å²) in [6.45, 7) is 1.72. The van der Waals surface area contributed by atoms with Crippen molar-refractivity contribution in [2.75, 3.05) is 29.5 Å². The van der Waals surface area contributed by atoms with Crippen LogP contribution in [0.1, 0.15) is 0 Å². The molecule has 2 aromatic heterocycles. The molecule has 25 heavy (non-hydrogen) atoms. The second-order valence-corrected chi connectivity index (χ2v) is 8.97. The highest BCUT2D eigenvalue weighted by atomic mass is 35.5. The Morgan fingerprint density at radius 3 is 2.52 bits per heavy atom. The second kappa shape index (κ2) is 7.33. The molecular weight excluding hydrogens is 374 g/mol. The van der Waals surface area contributed by atoms with E-state index in [9.17, 15) is 4.55 Å². The number of anilines is 1. The molecule has 0 atom stereocenters. The van der Waals surface area contributed by atoms with Crippen LogP contribution in [0.4, 0.5) is 5.69 Å². The summed E-state index contributed by atoms with van der Waals surface area (Å²) in [6.07, 6.45) is 5.28. The lowest BCUT2D eigenvalue weighted by atomic mass is 10.2. The second-order valence-electron chi connectivity index (χ2n) is 5.80. The normalized spacial score (nSPS) is 15.5. The van der Waals surface area contributed by atoms with E-state index in [2.05, 4.69) is 39.1 Å². The van der Waals surface area contributed by atoms with Crippen LogP contribution in [-0.2, 0) is 11.2 Å². The van der Waals surface area contributed by atoms with Crippen LogP contribution >= 0.6 is 22.9 Å². The molecule has 7 heteroatoms. The van der Waals surface area contributed by atoms with Gasteiger partial charge in [0.05, 0.1) is 23.0 Å². The molecule has 3 heterocycles. The Hall–Kier alpha value is -1.60. The van der Waals surface area contributed by atoms with Gasteiger partial charge in [0.1, 0.15) is 16.5 Å². The van der Waals surface area contributed by atoms with Crippen molar-refractivity contribution in [1.29, 1.82) is 0 Å². The van der Waals surface area contributed by atoms with Crippen LogP contribution in [0.25, 0.3) is 21.0 Å². The molecule has 0 radical (unpaired) electrons. The minimum atomic E-state index is -0.649. The summed E-state index contributed by atoms with van der Waals surface area (Å²) in [7, 11) is 0. The predicted molar refractivity (Wildman–Crippen MR) is 106 cm³/mol. The van der Waals surface area contributed by atoms with Crippen molar-refractivity contribution >= 4 is 39.8 Å². The standard InChI is InChI=1S/C18H16ClN3OS2/c19-15-9-14(10-20-11-15)18-21-12-17(24-18)13-1-3-16(4-2-13)22-5-7-25(23)8-6-22/h1-4,9-12H,5-8H2. The fraction of sp³-hybridized carbons (Fsp3) is 0.222. The van der Waals surface area contributed by atoms with Gasteiger partial charge in [-0.3, -0.25) is 4.98 Å². The lowest BCUT2D eigenvalue weighted by Crippen LogP contribution is -2.40. The summed E-state index contributed by atoms with van der Waals surface area (Å²) >= 11 is 6.99. The van der Waals surface area contributed by atoms with E-state index in [1.165, 1.54) is 5.69 Å². The van der Waals surface area contributed by atoms with Crippen LogP contribution < -0.4 is 4.90 Å². The molecule has 0 unspecified atom stereocenters. The Bertz CT molecular complexity index is 861. The summed E-state index contributed by atoms with van der Waals surface area (Å²) in [5, 5.41) is 1.52. The Kier molecular flexibility index (Phi) is 4.94. The summed E-state index contributed by atoms with van der Waals surface area (Å²) in [4.78, 5) is 12.0. The lowest BCUT2D eigenvalue weighted by molar-refractivity contribution is 0.586. The van der Waals surface area contributed by atoms with Crippen LogP contribution in [0, 0.1) is 0 Å². The zero-order valence-corrected chi connectivity index (χ0v) is 15.8. The average Bonchev–Trinajstić information content (AvgIpc) is 3.13. The van der Waals surface area contributed by atoms with Gasteiger partial charge in [0, 0.05) is 29.8 Å². The Morgan fingerprint density at radius 2 is 1.80 bits per heavy atom. The number of rotatable bonds is 3. The van der Waals surface area contributed by atoms with Crippen molar-refractivity contribution in [3.63, 3.8) is 0 Å². The van der Waals surface area contributed by atoms with Gasteiger partial charge < -0.3 is 9.45 Å². The van der Waals surface area contributed by atoms with E-state index < -0.39 is 11.2 Å². The molecule has 0 saturated carbocycles. The zero-order valence-electron chi connectivity index (χ0n) is 13.4. The van der Waals surface area contributed by atoms with E-state index in [0.29, 0.717) is 5.02 Å². The Morgan fingerprint density at radius 1 is 1.04 bits per heavy atom. The maximum absolute atomic E-state index is 11.5. The van der Waals surface area contributed by atoms with Gasteiger partial charge >= 0.3 is 0 Å². The molecule has 0 N–H and O–H groups in total. The van der Waals surface area contributed by atoms with E-state index in [1.807, 2.05) is 12.3 Å². The maximum Gasteiger partial charge on any atom is 0.125 e. The summed E-state index contributed by atoms with van der Waals surface area (Å²) in [6, 6.07) is 10.4. The SMILES string of the molecule is [O-][S+]1CCN(c2ccc(-c3cnc(-c4cncc(Cl)c4)s3)cc2)CC1. The number of pyridine rings is 1. The number of halogens is 1. The molecule has 4 nitrogen and oxygen atoms in total. The molecule has 1 aliphatic rings.